The van der Waals surface area contributed by atoms with Gasteiger partial charge >= 0.3 is 0 Å². The number of carbonyl (C=O) groups is 3. The van der Waals surface area contributed by atoms with Crippen LogP contribution in [0.25, 0.3) is 0 Å². The van der Waals surface area contributed by atoms with E-state index in [0.717, 1.165) is 12.1 Å². The molecular formula is C35H45NO4. The Kier molecular flexibility index (Phi) is 9.78. The van der Waals surface area contributed by atoms with Gasteiger partial charge in [-0.3, -0.25) is 14.4 Å². The van der Waals surface area contributed by atoms with E-state index < -0.39 is 33.9 Å². The number of fused-ring (bicyclic) bond motifs is 2. The van der Waals surface area contributed by atoms with E-state index in [2.05, 4.69) is 25.1 Å². The van der Waals surface area contributed by atoms with Crippen molar-refractivity contribution in [2.75, 3.05) is 0 Å². The summed E-state index contributed by atoms with van der Waals surface area (Å²) in [7, 11) is 0. The third kappa shape index (κ3) is 5.72. The van der Waals surface area contributed by atoms with Crippen LogP contribution in [0.2, 0.25) is 0 Å². The molecule has 0 amide bonds. The first-order chi connectivity index (χ1) is 19.3. The van der Waals surface area contributed by atoms with Crippen molar-refractivity contribution in [3.05, 3.63) is 84.7 Å². The number of ketones is 3. The summed E-state index contributed by atoms with van der Waals surface area (Å²) in [5.74, 6) is -2.40. The third-order valence-corrected chi connectivity index (χ3v) is 9.37. The maximum atomic E-state index is 13.6. The predicted octanol–water partition coefficient (Wildman–Crippen LogP) is 5.33. The van der Waals surface area contributed by atoms with Crippen molar-refractivity contribution in [3.63, 3.8) is 0 Å². The molecular weight excluding hydrogens is 498 g/mol. The fourth-order valence-electron chi connectivity index (χ4n) is 7.44. The van der Waals surface area contributed by atoms with E-state index in [1.165, 1.54) is 76.4 Å². The van der Waals surface area contributed by atoms with Gasteiger partial charge in [0.15, 0.2) is 22.8 Å². The minimum Gasteiger partial charge on any atom is -0.874 e. The number of hydrogen-bond donors (Lipinski definition) is 1. The SMILES string of the molecule is C1CCC([NH2+]C2CCCCC2)CC1.C=CCC1=C([O-])[C@]2(CC=C)CC(=C)C[C@](C(=O)c3ccccc3)(C1=O)C2=O. The molecule has 3 fully saturated rings. The zero-order valence-corrected chi connectivity index (χ0v) is 23.9. The molecule has 0 heterocycles. The van der Waals surface area contributed by atoms with Crippen molar-refractivity contribution in [2.45, 2.75) is 102 Å². The van der Waals surface area contributed by atoms with Crippen LogP contribution >= 0.6 is 0 Å². The minimum absolute atomic E-state index is 0.0248. The van der Waals surface area contributed by atoms with E-state index >= 15 is 0 Å². The molecule has 2 N–H and O–H groups in total. The Labute approximate surface area is 239 Å². The molecule has 1 aromatic carbocycles. The number of nitrogens with two attached hydrogens (primary N) is 1. The molecule has 0 spiro atoms. The number of carbonyl (C=O) groups excluding carboxylic acids is 3. The van der Waals surface area contributed by atoms with Gasteiger partial charge in [0.05, 0.1) is 12.1 Å². The highest BCUT2D eigenvalue weighted by Crippen LogP contribution is 2.56. The van der Waals surface area contributed by atoms with Crippen molar-refractivity contribution in [3.8, 4) is 0 Å². The van der Waals surface area contributed by atoms with Crippen molar-refractivity contribution in [1.82, 2.24) is 0 Å². The Bertz CT molecular complexity index is 1150. The van der Waals surface area contributed by atoms with Gasteiger partial charge in [-0.2, -0.15) is 0 Å². The summed E-state index contributed by atoms with van der Waals surface area (Å²) in [6.07, 6.45) is 18.1. The molecule has 214 valence electrons. The average Bonchev–Trinajstić information content (AvgIpc) is 2.98. The average molecular weight is 544 g/mol. The first kappa shape index (κ1) is 29.9. The second-order valence-electron chi connectivity index (χ2n) is 12.2. The van der Waals surface area contributed by atoms with E-state index in [1.54, 1.807) is 30.3 Å². The summed E-state index contributed by atoms with van der Waals surface area (Å²) < 4.78 is 0. The summed E-state index contributed by atoms with van der Waals surface area (Å²) in [6, 6.07) is 10.3. The van der Waals surface area contributed by atoms with Gasteiger partial charge in [0.1, 0.15) is 0 Å². The highest BCUT2D eigenvalue weighted by atomic mass is 16.3. The van der Waals surface area contributed by atoms with Crippen LogP contribution in [0.5, 0.6) is 0 Å². The van der Waals surface area contributed by atoms with E-state index in [0.29, 0.717) is 5.57 Å². The maximum absolute atomic E-state index is 13.6. The Morgan fingerprint density at radius 3 is 2.00 bits per heavy atom. The summed E-state index contributed by atoms with van der Waals surface area (Å²) in [5, 5.41) is 15.9. The summed E-state index contributed by atoms with van der Waals surface area (Å²) in [6.45, 7) is 11.2. The predicted molar refractivity (Wildman–Crippen MR) is 156 cm³/mol. The Morgan fingerprint density at radius 2 is 1.48 bits per heavy atom. The Morgan fingerprint density at radius 1 is 0.900 bits per heavy atom. The van der Waals surface area contributed by atoms with Gasteiger partial charge in [-0.05, 0) is 82.6 Å². The molecule has 0 aliphatic heterocycles. The zero-order valence-electron chi connectivity index (χ0n) is 23.9. The molecule has 0 aromatic heterocycles. The smallest absolute Gasteiger partial charge is 0.184 e. The molecule has 5 rings (SSSR count). The van der Waals surface area contributed by atoms with E-state index in [4.69, 9.17) is 0 Å². The topological polar surface area (TPSA) is 90.9 Å². The van der Waals surface area contributed by atoms with Gasteiger partial charge in [-0.15, -0.1) is 18.9 Å². The van der Waals surface area contributed by atoms with Crippen molar-refractivity contribution in [2.24, 2.45) is 10.8 Å². The Balaban J connectivity index is 0.000000236. The molecule has 0 saturated heterocycles. The Hall–Kier alpha value is -3.05. The quantitative estimate of drug-likeness (QED) is 0.273. The molecule has 4 aliphatic carbocycles. The van der Waals surface area contributed by atoms with Crippen LogP contribution in [-0.4, -0.2) is 29.4 Å². The number of quaternary nitrogens is 1. The second-order valence-corrected chi connectivity index (χ2v) is 12.2. The van der Waals surface area contributed by atoms with Crippen LogP contribution in [0.4, 0.5) is 0 Å². The summed E-state index contributed by atoms with van der Waals surface area (Å²) >= 11 is 0. The molecule has 3 saturated carbocycles. The summed E-state index contributed by atoms with van der Waals surface area (Å²) in [5.41, 5.74) is -2.60. The number of allylic oxidation sites excluding steroid dienone is 5. The lowest BCUT2D eigenvalue weighted by atomic mass is 9.49. The third-order valence-electron chi connectivity index (χ3n) is 9.37. The van der Waals surface area contributed by atoms with Crippen LogP contribution < -0.4 is 10.4 Å². The van der Waals surface area contributed by atoms with E-state index in [1.807, 2.05) is 0 Å². The minimum atomic E-state index is -1.92. The lowest BCUT2D eigenvalue weighted by Crippen LogP contribution is -2.95. The lowest BCUT2D eigenvalue weighted by molar-refractivity contribution is -0.725. The molecule has 0 unspecified atom stereocenters. The van der Waals surface area contributed by atoms with Crippen molar-refractivity contribution < 1.29 is 24.8 Å². The molecule has 2 atom stereocenters. The molecule has 5 heteroatoms. The first-order valence-electron chi connectivity index (χ1n) is 15.1. The lowest BCUT2D eigenvalue weighted by Gasteiger charge is -2.53. The van der Waals surface area contributed by atoms with E-state index in [9.17, 15) is 19.5 Å². The standard InChI is InChI=1S/C23H22O4.C12H23N/c1-4-9-17-19(25)22(12-5-2)13-15(3)14-23(20(17)26,21(22)27)18(24)16-10-7-6-8-11-16;1-3-7-11(8-4-1)13-12-9-5-2-6-10-12/h4-8,10-11,25H,1-3,9,12-14H2;11-13H,1-10H2/t22-,23-;/m0./s1. The molecule has 4 aliphatic rings. The highest BCUT2D eigenvalue weighted by Gasteiger charge is 2.64. The fraction of sp³-hybridized carbons (Fsp3) is 0.514. The molecule has 1 aromatic rings. The zero-order chi connectivity index (χ0) is 28.8. The van der Waals surface area contributed by atoms with Gasteiger partial charge in [0.25, 0.3) is 0 Å². The van der Waals surface area contributed by atoms with Gasteiger partial charge in [0, 0.05) is 11.0 Å². The largest absolute Gasteiger partial charge is 0.874 e. The number of rotatable bonds is 8. The maximum Gasteiger partial charge on any atom is 0.184 e. The van der Waals surface area contributed by atoms with Crippen LogP contribution in [0.3, 0.4) is 0 Å². The molecule has 5 nitrogen and oxygen atoms in total. The van der Waals surface area contributed by atoms with Crippen LogP contribution in [-0.2, 0) is 9.59 Å². The highest BCUT2D eigenvalue weighted by molar-refractivity contribution is 6.35. The first-order valence-corrected chi connectivity index (χ1v) is 15.1. The van der Waals surface area contributed by atoms with Gasteiger partial charge in [-0.1, -0.05) is 67.5 Å². The van der Waals surface area contributed by atoms with Gasteiger partial charge < -0.3 is 10.4 Å². The summed E-state index contributed by atoms with van der Waals surface area (Å²) in [4.78, 5) is 40.4. The fourth-order valence-corrected chi connectivity index (χ4v) is 7.44. The second kappa shape index (κ2) is 13.1. The van der Waals surface area contributed by atoms with Crippen molar-refractivity contribution >= 4 is 17.3 Å². The number of hydrogen-bond acceptors (Lipinski definition) is 4. The molecule has 40 heavy (non-hydrogen) atoms. The van der Waals surface area contributed by atoms with E-state index in [-0.39, 0.29) is 36.8 Å². The molecule has 0 radical (unpaired) electrons. The van der Waals surface area contributed by atoms with Crippen molar-refractivity contribution in [1.29, 1.82) is 0 Å². The normalized spacial score (nSPS) is 27.6. The number of Topliss-reactive ketones (excluding diaryl/α,β-unsaturated/α-hetero) is 3. The van der Waals surface area contributed by atoms with Crippen LogP contribution in [0.15, 0.2) is 79.1 Å². The van der Waals surface area contributed by atoms with Crippen LogP contribution in [0, 0.1) is 10.8 Å². The molecule has 2 bridgehead atoms. The van der Waals surface area contributed by atoms with Gasteiger partial charge in [0.2, 0.25) is 0 Å². The number of benzene rings is 1. The van der Waals surface area contributed by atoms with Crippen LogP contribution in [0.1, 0.15) is 100 Å². The monoisotopic (exact) mass is 543 g/mol. The van der Waals surface area contributed by atoms with Gasteiger partial charge in [-0.25, -0.2) is 0 Å².